The molecule has 0 heterocycles. The largest absolute Gasteiger partial charge is 0.384 e. The Bertz CT molecular complexity index is 472. The Hall–Kier alpha value is -1.22. The molecule has 0 radical (unpaired) electrons. The number of nitrogens with one attached hydrogen (secondary N) is 1. The predicted octanol–water partition coefficient (Wildman–Crippen LogP) is 4.18. The molecule has 1 N–H and O–H groups in total. The summed E-state index contributed by atoms with van der Waals surface area (Å²) in [5.41, 5.74) is 1.59. The summed E-state index contributed by atoms with van der Waals surface area (Å²) in [4.78, 5) is 14.8. The summed E-state index contributed by atoms with van der Waals surface area (Å²) >= 11 is 6.07. The fourth-order valence-electron chi connectivity index (χ4n) is 2.34. The Morgan fingerprint density at radius 2 is 2.10 bits per heavy atom. The van der Waals surface area contributed by atoms with E-state index in [-0.39, 0.29) is 5.91 Å². The van der Waals surface area contributed by atoms with Gasteiger partial charge in [-0.05, 0) is 43.9 Å². The highest BCUT2D eigenvalue weighted by Crippen LogP contribution is 2.30. The molecular formula is C16H23ClN2O. The SMILES string of the molecule is CCCNc1ccc(Cl)cc1C(=O)N(CCC)C1CC1. The van der Waals surface area contributed by atoms with Crippen molar-refractivity contribution in [2.24, 2.45) is 0 Å². The quantitative estimate of drug-likeness (QED) is 0.818. The molecule has 1 amide bonds. The number of amides is 1. The minimum Gasteiger partial charge on any atom is -0.384 e. The summed E-state index contributed by atoms with van der Waals surface area (Å²) in [6.07, 6.45) is 4.27. The van der Waals surface area contributed by atoms with Crippen LogP contribution in [0.1, 0.15) is 49.9 Å². The molecule has 4 heteroatoms. The molecule has 1 saturated carbocycles. The van der Waals surface area contributed by atoms with Crippen LogP contribution in [0.4, 0.5) is 5.69 Å². The van der Waals surface area contributed by atoms with Crippen molar-refractivity contribution in [1.82, 2.24) is 4.90 Å². The highest BCUT2D eigenvalue weighted by atomic mass is 35.5. The molecule has 0 saturated heterocycles. The normalized spacial score (nSPS) is 14.2. The van der Waals surface area contributed by atoms with Crippen molar-refractivity contribution < 1.29 is 4.79 Å². The van der Waals surface area contributed by atoms with Crippen LogP contribution >= 0.6 is 11.6 Å². The van der Waals surface area contributed by atoms with Gasteiger partial charge in [0.2, 0.25) is 0 Å². The smallest absolute Gasteiger partial charge is 0.256 e. The van der Waals surface area contributed by atoms with Crippen molar-refractivity contribution in [3.63, 3.8) is 0 Å². The van der Waals surface area contributed by atoms with E-state index >= 15 is 0 Å². The summed E-state index contributed by atoms with van der Waals surface area (Å²) in [6, 6.07) is 5.95. The zero-order chi connectivity index (χ0) is 14.5. The number of halogens is 1. The number of benzene rings is 1. The molecule has 1 aliphatic carbocycles. The van der Waals surface area contributed by atoms with Crippen LogP contribution in [0.3, 0.4) is 0 Å². The molecule has 0 unspecified atom stereocenters. The summed E-state index contributed by atoms with van der Waals surface area (Å²) < 4.78 is 0. The van der Waals surface area contributed by atoms with Crippen LogP contribution in [-0.4, -0.2) is 29.9 Å². The lowest BCUT2D eigenvalue weighted by atomic mass is 10.1. The van der Waals surface area contributed by atoms with Gasteiger partial charge in [0.1, 0.15) is 0 Å². The van der Waals surface area contributed by atoms with Gasteiger partial charge in [-0.15, -0.1) is 0 Å². The predicted molar refractivity (Wildman–Crippen MR) is 84.6 cm³/mol. The van der Waals surface area contributed by atoms with Crippen molar-refractivity contribution in [3.8, 4) is 0 Å². The van der Waals surface area contributed by atoms with Gasteiger partial charge < -0.3 is 10.2 Å². The molecular weight excluding hydrogens is 272 g/mol. The van der Waals surface area contributed by atoms with Crippen molar-refractivity contribution in [3.05, 3.63) is 28.8 Å². The Labute approximate surface area is 126 Å². The van der Waals surface area contributed by atoms with E-state index in [1.165, 1.54) is 0 Å². The van der Waals surface area contributed by atoms with Gasteiger partial charge in [-0.25, -0.2) is 0 Å². The van der Waals surface area contributed by atoms with E-state index in [1.807, 2.05) is 17.0 Å². The van der Waals surface area contributed by atoms with Gasteiger partial charge in [-0.1, -0.05) is 25.4 Å². The van der Waals surface area contributed by atoms with E-state index in [0.717, 1.165) is 44.5 Å². The van der Waals surface area contributed by atoms with Gasteiger partial charge >= 0.3 is 0 Å². The Morgan fingerprint density at radius 1 is 1.35 bits per heavy atom. The summed E-state index contributed by atoms with van der Waals surface area (Å²) in [5, 5.41) is 3.93. The van der Waals surface area contributed by atoms with Gasteiger partial charge in [0.05, 0.1) is 5.56 Å². The van der Waals surface area contributed by atoms with Crippen LogP contribution in [0.2, 0.25) is 5.02 Å². The van der Waals surface area contributed by atoms with Crippen molar-refractivity contribution in [2.75, 3.05) is 18.4 Å². The van der Waals surface area contributed by atoms with Gasteiger partial charge in [-0.3, -0.25) is 4.79 Å². The Kier molecular flexibility index (Phi) is 5.30. The first-order valence-corrected chi connectivity index (χ1v) is 7.89. The Morgan fingerprint density at radius 3 is 2.70 bits per heavy atom. The molecule has 110 valence electrons. The molecule has 0 bridgehead atoms. The third-order valence-corrected chi connectivity index (χ3v) is 3.73. The minimum atomic E-state index is 0.107. The molecule has 2 rings (SSSR count). The number of anilines is 1. The number of hydrogen-bond donors (Lipinski definition) is 1. The van der Waals surface area contributed by atoms with E-state index in [4.69, 9.17) is 11.6 Å². The maximum Gasteiger partial charge on any atom is 0.256 e. The number of hydrogen-bond acceptors (Lipinski definition) is 2. The lowest BCUT2D eigenvalue weighted by molar-refractivity contribution is 0.0744. The summed E-state index contributed by atoms with van der Waals surface area (Å²) in [5.74, 6) is 0.107. The maximum absolute atomic E-state index is 12.8. The second-order valence-electron chi connectivity index (χ2n) is 5.35. The van der Waals surface area contributed by atoms with Crippen LogP contribution in [0, 0.1) is 0 Å². The maximum atomic E-state index is 12.8. The number of carbonyl (C=O) groups is 1. The number of carbonyl (C=O) groups excluding carboxylic acids is 1. The van der Waals surface area contributed by atoms with E-state index in [0.29, 0.717) is 16.6 Å². The number of rotatable bonds is 7. The van der Waals surface area contributed by atoms with Crippen LogP contribution in [0.25, 0.3) is 0 Å². The average molecular weight is 295 g/mol. The monoisotopic (exact) mass is 294 g/mol. The van der Waals surface area contributed by atoms with Gasteiger partial charge in [0.25, 0.3) is 5.91 Å². The highest BCUT2D eigenvalue weighted by Gasteiger charge is 2.33. The zero-order valence-electron chi connectivity index (χ0n) is 12.3. The van der Waals surface area contributed by atoms with Crippen molar-refractivity contribution in [1.29, 1.82) is 0 Å². The lowest BCUT2D eigenvalue weighted by Gasteiger charge is -2.23. The van der Waals surface area contributed by atoms with E-state index in [1.54, 1.807) is 6.07 Å². The van der Waals surface area contributed by atoms with Crippen LogP contribution in [-0.2, 0) is 0 Å². The van der Waals surface area contributed by atoms with E-state index in [9.17, 15) is 4.79 Å². The van der Waals surface area contributed by atoms with Gasteiger partial charge in [0.15, 0.2) is 0 Å². The van der Waals surface area contributed by atoms with E-state index in [2.05, 4.69) is 19.2 Å². The average Bonchev–Trinajstić information content (AvgIpc) is 3.27. The lowest BCUT2D eigenvalue weighted by Crippen LogP contribution is -2.34. The minimum absolute atomic E-state index is 0.107. The van der Waals surface area contributed by atoms with Crippen molar-refractivity contribution >= 4 is 23.2 Å². The topological polar surface area (TPSA) is 32.3 Å². The van der Waals surface area contributed by atoms with E-state index < -0.39 is 0 Å². The molecule has 3 nitrogen and oxygen atoms in total. The molecule has 0 aromatic heterocycles. The van der Waals surface area contributed by atoms with Crippen LogP contribution in [0.15, 0.2) is 18.2 Å². The fraction of sp³-hybridized carbons (Fsp3) is 0.562. The van der Waals surface area contributed by atoms with Crippen molar-refractivity contribution in [2.45, 2.75) is 45.6 Å². The second kappa shape index (κ2) is 6.98. The molecule has 0 atom stereocenters. The first-order chi connectivity index (χ1) is 9.67. The fourth-order valence-corrected chi connectivity index (χ4v) is 2.51. The third kappa shape index (κ3) is 3.66. The summed E-state index contributed by atoms with van der Waals surface area (Å²) in [7, 11) is 0. The first kappa shape index (κ1) is 15.2. The molecule has 0 spiro atoms. The second-order valence-corrected chi connectivity index (χ2v) is 5.78. The zero-order valence-corrected chi connectivity index (χ0v) is 13.0. The molecule has 1 aliphatic rings. The molecule has 1 aromatic carbocycles. The molecule has 0 aliphatic heterocycles. The van der Waals surface area contributed by atoms with Gasteiger partial charge in [-0.2, -0.15) is 0 Å². The Balaban J connectivity index is 2.23. The highest BCUT2D eigenvalue weighted by molar-refractivity contribution is 6.31. The molecule has 20 heavy (non-hydrogen) atoms. The molecule has 1 fully saturated rings. The number of nitrogens with zero attached hydrogens (tertiary/aromatic N) is 1. The van der Waals surface area contributed by atoms with Crippen LogP contribution < -0.4 is 5.32 Å². The standard InChI is InChI=1S/C16H23ClN2O/c1-3-9-18-15-8-5-12(17)11-14(15)16(20)19(10-4-2)13-6-7-13/h5,8,11,13,18H,3-4,6-7,9-10H2,1-2H3. The van der Waals surface area contributed by atoms with Crippen LogP contribution in [0.5, 0.6) is 0 Å². The molecule has 1 aromatic rings. The van der Waals surface area contributed by atoms with Gasteiger partial charge in [0, 0.05) is 29.8 Å². The summed E-state index contributed by atoms with van der Waals surface area (Å²) in [6.45, 7) is 5.90. The third-order valence-electron chi connectivity index (χ3n) is 3.49. The first-order valence-electron chi connectivity index (χ1n) is 7.51.